The molecule has 3 aromatic rings. The first-order chi connectivity index (χ1) is 12.9. The molecule has 0 amide bonds. The minimum Gasteiger partial charge on any atom is -0.495 e. The maximum absolute atomic E-state index is 12.7. The van der Waals surface area contributed by atoms with E-state index >= 15 is 0 Å². The minimum absolute atomic E-state index is 0.0410. The summed E-state index contributed by atoms with van der Waals surface area (Å²) in [4.78, 5) is 11.8. The zero-order valence-corrected chi connectivity index (χ0v) is 16.8. The van der Waals surface area contributed by atoms with Gasteiger partial charge in [-0.1, -0.05) is 34.1 Å². The van der Waals surface area contributed by atoms with Crippen LogP contribution in [0.3, 0.4) is 0 Å². The molecule has 27 heavy (non-hydrogen) atoms. The molecule has 0 unspecified atom stereocenters. The molecule has 0 bridgehead atoms. The Bertz CT molecular complexity index is 1110. The van der Waals surface area contributed by atoms with Crippen molar-refractivity contribution in [1.82, 2.24) is 4.57 Å². The van der Waals surface area contributed by atoms with Gasteiger partial charge in [-0.2, -0.15) is 0 Å². The number of ether oxygens (including phenoxy) is 1. The molecule has 0 atom stereocenters. The summed E-state index contributed by atoms with van der Waals surface area (Å²) in [5.41, 5.74) is 1.21. The second kappa shape index (κ2) is 7.98. The van der Waals surface area contributed by atoms with Gasteiger partial charge >= 0.3 is 0 Å². The topological polar surface area (TPSA) is 77.4 Å². The van der Waals surface area contributed by atoms with E-state index in [1.165, 1.54) is 19.2 Å². The fourth-order valence-electron chi connectivity index (χ4n) is 2.54. The van der Waals surface area contributed by atoms with Crippen molar-refractivity contribution in [3.05, 3.63) is 87.3 Å². The Morgan fingerprint density at radius 2 is 1.81 bits per heavy atom. The zero-order chi connectivity index (χ0) is 19.4. The lowest BCUT2D eigenvalue weighted by Gasteiger charge is -2.12. The average Bonchev–Trinajstić information content (AvgIpc) is 2.65. The molecule has 0 aliphatic heterocycles. The summed E-state index contributed by atoms with van der Waals surface area (Å²) in [5.74, 6) is 0.255. The van der Waals surface area contributed by atoms with Gasteiger partial charge in [0, 0.05) is 22.4 Å². The van der Waals surface area contributed by atoms with Crippen molar-refractivity contribution < 1.29 is 13.2 Å². The number of nitrogens with zero attached hydrogens (tertiary/aromatic N) is 1. The second-order valence-corrected chi connectivity index (χ2v) is 8.33. The van der Waals surface area contributed by atoms with Gasteiger partial charge in [-0.3, -0.25) is 9.52 Å². The van der Waals surface area contributed by atoms with E-state index in [2.05, 4.69) is 20.7 Å². The molecule has 140 valence electrons. The van der Waals surface area contributed by atoms with Gasteiger partial charge in [-0.05, 0) is 42.0 Å². The number of sulfonamides is 1. The molecule has 8 heteroatoms. The van der Waals surface area contributed by atoms with Crippen LogP contribution in [-0.2, 0) is 16.6 Å². The molecule has 0 aliphatic carbocycles. The van der Waals surface area contributed by atoms with Crippen LogP contribution in [0.4, 0.5) is 5.69 Å². The standard InChI is InChI=1S/C19H17BrN2O4S/c1-26-17-10-7-15(20)12-18(17)27(24,25)21-16-8-5-14(6-9-16)13-22-11-3-2-4-19(22)23/h2-12,21H,13H2,1H3. The minimum atomic E-state index is -3.82. The lowest BCUT2D eigenvalue weighted by atomic mass is 10.2. The Morgan fingerprint density at radius 1 is 1.07 bits per heavy atom. The van der Waals surface area contributed by atoms with Gasteiger partial charge in [0.15, 0.2) is 0 Å². The van der Waals surface area contributed by atoms with Crippen LogP contribution in [0.1, 0.15) is 5.56 Å². The molecule has 0 saturated carbocycles. The van der Waals surface area contributed by atoms with Gasteiger partial charge in [0.2, 0.25) is 0 Å². The Balaban J connectivity index is 1.81. The van der Waals surface area contributed by atoms with Crippen LogP contribution in [0.5, 0.6) is 5.75 Å². The van der Waals surface area contributed by atoms with Crippen molar-refractivity contribution >= 4 is 31.6 Å². The van der Waals surface area contributed by atoms with Crippen LogP contribution in [0.25, 0.3) is 0 Å². The molecule has 0 saturated heterocycles. The number of methoxy groups -OCH3 is 1. The smallest absolute Gasteiger partial charge is 0.265 e. The van der Waals surface area contributed by atoms with E-state index in [1.807, 2.05) is 0 Å². The highest BCUT2D eigenvalue weighted by molar-refractivity contribution is 9.10. The van der Waals surface area contributed by atoms with E-state index in [4.69, 9.17) is 4.74 Å². The number of benzene rings is 2. The van der Waals surface area contributed by atoms with Crippen molar-refractivity contribution in [2.75, 3.05) is 11.8 Å². The molecular formula is C19H17BrN2O4S. The van der Waals surface area contributed by atoms with Crippen LogP contribution < -0.4 is 15.0 Å². The fraction of sp³-hybridized carbons (Fsp3) is 0.105. The maximum atomic E-state index is 12.7. The third kappa shape index (κ3) is 4.58. The van der Waals surface area contributed by atoms with Crippen molar-refractivity contribution in [1.29, 1.82) is 0 Å². The quantitative estimate of drug-likeness (QED) is 0.626. The fourth-order valence-corrected chi connectivity index (χ4v) is 4.30. The summed E-state index contributed by atoms with van der Waals surface area (Å²) in [7, 11) is -2.40. The largest absolute Gasteiger partial charge is 0.495 e. The van der Waals surface area contributed by atoms with E-state index in [-0.39, 0.29) is 16.2 Å². The molecule has 6 nitrogen and oxygen atoms in total. The van der Waals surface area contributed by atoms with E-state index in [0.29, 0.717) is 16.7 Å². The van der Waals surface area contributed by atoms with Gasteiger partial charge in [0.25, 0.3) is 15.6 Å². The summed E-state index contributed by atoms with van der Waals surface area (Å²) in [6, 6.07) is 16.6. The number of pyridine rings is 1. The first kappa shape index (κ1) is 19.2. The molecule has 0 aliphatic rings. The van der Waals surface area contributed by atoms with E-state index < -0.39 is 10.0 Å². The van der Waals surface area contributed by atoms with Gasteiger partial charge in [-0.25, -0.2) is 8.42 Å². The highest BCUT2D eigenvalue weighted by Gasteiger charge is 2.20. The Kier molecular flexibility index (Phi) is 5.67. The Hall–Kier alpha value is -2.58. The molecule has 3 rings (SSSR count). The normalized spacial score (nSPS) is 11.2. The van der Waals surface area contributed by atoms with Crippen molar-refractivity contribution in [2.45, 2.75) is 11.4 Å². The van der Waals surface area contributed by atoms with Crippen LogP contribution in [-0.4, -0.2) is 20.1 Å². The molecular weight excluding hydrogens is 432 g/mol. The SMILES string of the molecule is COc1ccc(Br)cc1S(=O)(=O)Nc1ccc(Cn2ccccc2=O)cc1. The zero-order valence-electron chi connectivity index (χ0n) is 14.4. The van der Waals surface area contributed by atoms with Crippen molar-refractivity contribution in [3.8, 4) is 5.75 Å². The molecule has 2 aromatic carbocycles. The molecule has 1 heterocycles. The van der Waals surface area contributed by atoms with E-state index in [1.54, 1.807) is 59.3 Å². The third-order valence-corrected chi connectivity index (χ3v) is 5.77. The van der Waals surface area contributed by atoms with Gasteiger partial charge in [0.1, 0.15) is 10.6 Å². The molecule has 0 fully saturated rings. The van der Waals surface area contributed by atoms with Crippen LogP contribution >= 0.6 is 15.9 Å². The molecule has 1 aromatic heterocycles. The molecule has 1 N–H and O–H groups in total. The number of anilines is 1. The Labute approximate surface area is 165 Å². The third-order valence-electron chi connectivity index (χ3n) is 3.87. The van der Waals surface area contributed by atoms with Crippen molar-refractivity contribution in [3.63, 3.8) is 0 Å². The van der Waals surface area contributed by atoms with Gasteiger partial charge < -0.3 is 9.30 Å². The summed E-state index contributed by atoms with van der Waals surface area (Å²) in [5, 5.41) is 0. The van der Waals surface area contributed by atoms with Crippen molar-refractivity contribution in [2.24, 2.45) is 0 Å². The first-order valence-corrected chi connectivity index (χ1v) is 10.3. The summed E-state index contributed by atoms with van der Waals surface area (Å²) in [6.07, 6.45) is 1.71. The lowest BCUT2D eigenvalue weighted by Crippen LogP contribution is -2.18. The highest BCUT2D eigenvalue weighted by atomic mass is 79.9. The summed E-state index contributed by atoms with van der Waals surface area (Å²) >= 11 is 3.27. The number of rotatable bonds is 6. The Morgan fingerprint density at radius 3 is 2.48 bits per heavy atom. The highest BCUT2D eigenvalue weighted by Crippen LogP contribution is 2.29. The first-order valence-electron chi connectivity index (χ1n) is 8.00. The predicted octanol–water partition coefficient (Wildman–Crippen LogP) is 3.47. The summed E-state index contributed by atoms with van der Waals surface area (Å²) in [6.45, 7) is 0.409. The molecule has 0 radical (unpaired) electrons. The number of hydrogen-bond donors (Lipinski definition) is 1. The maximum Gasteiger partial charge on any atom is 0.265 e. The number of hydrogen-bond acceptors (Lipinski definition) is 4. The molecule has 0 spiro atoms. The van der Waals surface area contributed by atoms with E-state index in [9.17, 15) is 13.2 Å². The lowest BCUT2D eigenvalue weighted by molar-refractivity contribution is 0.403. The number of halogens is 1. The average molecular weight is 449 g/mol. The van der Waals surface area contributed by atoms with Crippen LogP contribution in [0.15, 0.2) is 81.0 Å². The van der Waals surface area contributed by atoms with Crippen LogP contribution in [0.2, 0.25) is 0 Å². The summed E-state index contributed by atoms with van der Waals surface area (Å²) < 4.78 is 35.3. The number of nitrogens with one attached hydrogen (secondary N) is 1. The van der Waals surface area contributed by atoms with Gasteiger partial charge in [0.05, 0.1) is 13.7 Å². The predicted molar refractivity (Wildman–Crippen MR) is 108 cm³/mol. The second-order valence-electron chi connectivity index (χ2n) is 5.76. The monoisotopic (exact) mass is 448 g/mol. The van der Waals surface area contributed by atoms with Gasteiger partial charge in [-0.15, -0.1) is 0 Å². The van der Waals surface area contributed by atoms with E-state index in [0.717, 1.165) is 5.56 Å². The number of aromatic nitrogens is 1. The van der Waals surface area contributed by atoms with Crippen LogP contribution in [0, 0.1) is 0 Å².